The number of nitrogens with zero attached hydrogens (tertiary/aromatic N) is 1. The van der Waals surface area contributed by atoms with Crippen LogP contribution < -0.4 is 5.32 Å². The van der Waals surface area contributed by atoms with Crippen molar-refractivity contribution in [1.82, 2.24) is 10.2 Å². The number of rotatable bonds is 1. The van der Waals surface area contributed by atoms with Crippen LogP contribution in [0.2, 0.25) is 0 Å². The Balaban J connectivity index is 1.78. The second-order valence-electron chi connectivity index (χ2n) is 6.55. The highest BCUT2D eigenvalue weighted by Crippen LogP contribution is 2.36. The fraction of sp³-hybridized carbons (Fsp3) is 0.929. The topological polar surface area (TPSA) is 66.5 Å². The quantitative estimate of drug-likeness (QED) is 0.768. The third-order valence-corrected chi connectivity index (χ3v) is 6.94. The Hall–Kier alpha value is -0.620. The van der Waals surface area contributed by atoms with Crippen LogP contribution in [0.15, 0.2) is 0 Å². The van der Waals surface area contributed by atoms with Gasteiger partial charge in [0.15, 0.2) is 9.84 Å². The summed E-state index contributed by atoms with van der Waals surface area (Å²) in [7, 11) is -2.98. The summed E-state index contributed by atoms with van der Waals surface area (Å²) in [6.07, 6.45) is 6.24. The molecule has 0 aromatic heterocycles. The lowest BCUT2D eigenvalue weighted by atomic mass is 9.78. The molecule has 3 fully saturated rings. The molecule has 1 aliphatic carbocycles. The smallest absolute Gasteiger partial charge is 0.227 e. The summed E-state index contributed by atoms with van der Waals surface area (Å²) in [6.45, 7) is 2.43. The largest absolute Gasteiger partial charge is 0.334 e. The average Bonchev–Trinajstić information content (AvgIpc) is 2.80. The molecular formula is C14H24N2O3S. The first-order valence-electron chi connectivity index (χ1n) is 7.75. The Morgan fingerprint density at radius 2 is 1.95 bits per heavy atom. The van der Waals surface area contributed by atoms with Crippen molar-refractivity contribution < 1.29 is 13.2 Å². The number of carbonyl (C=O) groups is 1. The first-order chi connectivity index (χ1) is 9.53. The summed E-state index contributed by atoms with van der Waals surface area (Å²) in [4.78, 5) is 14.8. The van der Waals surface area contributed by atoms with Crippen LogP contribution in [0.5, 0.6) is 0 Å². The van der Waals surface area contributed by atoms with Crippen molar-refractivity contribution in [1.29, 1.82) is 0 Å². The summed E-state index contributed by atoms with van der Waals surface area (Å²) >= 11 is 0. The Kier molecular flexibility index (Phi) is 3.79. The van der Waals surface area contributed by atoms with Gasteiger partial charge in [-0.25, -0.2) is 8.42 Å². The lowest BCUT2D eigenvalue weighted by Crippen LogP contribution is -2.64. The van der Waals surface area contributed by atoms with Crippen LogP contribution in [-0.2, 0) is 14.6 Å². The maximum Gasteiger partial charge on any atom is 0.227 e. The number of carbonyl (C=O) groups excluding carboxylic acids is 1. The van der Waals surface area contributed by atoms with Crippen LogP contribution in [0.4, 0.5) is 0 Å². The molecule has 0 bridgehead atoms. The van der Waals surface area contributed by atoms with E-state index in [1.165, 1.54) is 19.3 Å². The molecule has 2 saturated heterocycles. The first kappa shape index (κ1) is 14.3. The molecule has 1 N–H and O–H groups in total. The molecule has 2 aliphatic heterocycles. The number of hydrogen-bond donors (Lipinski definition) is 1. The molecule has 0 aromatic rings. The minimum Gasteiger partial charge on any atom is -0.334 e. The summed E-state index contributed by atoms with van der Waals surface area (Å²) in [5.74, 6) is 0.0420. The Morgan fingerprint density at radius 1 is 1.20 bits per heavy atom. The normalized spacial score (nSPS) is 32.4. The Morgan fingerprint density at radius 3 is 2.60 bits per heavy atom. The standard InChI is InChI=1S/C14H24N2O3S/c17-13(12-4-9-20(18,19)10-12)16-8-7-15-11-14(16)5-2-1-3-6-14/h12,15H,1-11H2. The second-order valence-corrected chi connectivity index (χ2v) is 8.78. The van der Waals surface area contributed by atoms with Gasteiger partial charge < -0.3 is 10.2 Å². The molecule has 1 unspecified atom stereocenters. The molecule has 1 atom stereocenters. The lowest BCUT2D eigenvalue weighted by Gasteiger charge is -2.50. The van der Waals surface area contributed by atoms with Crippen LogP contribution in [-0.4, -0.2) is 55.9 Å². The molecule has 1 spiro atoms. The summed E-state index contributed by atoms with van der Waals surface area (Å²) < 4.78 is 23.2. The van der Waals surface area contributed by atoms with Gasteiger partial charge in [0.1, 0.15) is 0 Å². The highest BCUT2D eigenvalue weighted by molar-refractivity contribution is 7.91. The Bertz CT molecular complexity index is 474. The molecule has 1 amide bonds. The van der Waals surface area contributed by atoms with E-state index in [9.17, 15) is 13.2 Å². The number of nitrogens with one attached hydrogen (secondary N) is 1. The van der Waals surface area contributed by atoms with Crippen molar-refractivity contribution >= 4 is 15.7 Å². The minimum atomic E-state index is -2.98. The molecule has 0 radical (unpaired) electrons. The maximum atomic E-state index is 12.8. The van der Waals surface area contributed by atoms with Gasteiger partial charge in [0.2, 0.25) is 5.91 Å². The van der Waals surface area contributed by atoms with Gasteiger partial charge in [0.25, 0.3) is 0 Å². The molecule has 1 saturated carbocycles. The summed E-state index contributed by atoms with van der Waals surface area (Å²) in [6, 6.07) is 0. The van der Waals surface area contributed by atoms with E-state index in [4.69, 9.17) is 0 Å². The molecular weight excluding hydrogens is 276 g/mol. The van der Waals surface area contributed by atoms with Gasteiger partial charge in [-0.3, -0.25) is 4.79 Å². The van der Waals surface area contributed by atoms with E-state index >= 15 is 0 Å². The van der Waals surface area contributed by atoms with Gasteiger partial charge in [-0.1, -0.05) is 19.3 Å². The van der Waals surface area contributed by atoms with E-state index in [-0.39, 0.29) is 28.9 Å². The van der Waals surface area contributed by atoms with E-state index in [2.05, 4.69) is 5.32 Å². The molecule has 3 rings (SSSR count). The van der Waals surface area contributed by atoms with Gasteiger partial charge in [0.05, 0.1) is 23.0 Å². The molecule has 2 heterocycles. The highest BCUT2D eigenvalue weighted by Gasteiger charge is 2.45. The zero-order valence-corrected chi connectivity index (χ0v) is 12.8. The summed E-state index contributed by atoms with van der Waals surface area (Å²) in [5.41, 5.74) is -0.0417. The third kappa shape index (κ3) is 2.60. The van der Waals surface area contributed by atoms with E-state index in [0.29, 0.717) is 6.42 Å². The average molecular weight is 300 g/mol. The Labute approximate surface area is 121 Å². The van der Waals surface area contributed by atoms with Crippen molar-refractivity contribution in [3.8, 4) is 0 Å². The van der Waals surface area contributed by atoms with Gasteiger partial charge >= 0.3 is 0 Å². The third-order valence-electron chi connectivity index (χ3n) is 5.17. The van der Waals surface area contributed by atoms with Gasteiger partial charge in [0, 0.05) is 19.6 Å². The monoisotopic (exact) mass is 300 g/mol. The van der Waals surface area contributed by atoms with Crippen LogP contribution in [0.1, 0.15) is 38.5 Å². The summed E-state index contributed by atoms with van der Waals surface area (Å²) in [5, 5.41) is 3.42. The second kappa shape index (κ2) is 5.30. The molecule has 5 nitrogen and oxygen atoms in total. The fourth-order valence-electron chi connectivity index (χ4n) is 4.06. The first-order valence-corrected chi connectivity index (χ1v) is 9.57. The number of sulfone groups is 1. The predicted molar refractivity (Wildman–Crippen MR) is 77.2 cm³/mol. The molecule has 6 heteroatoms. The molecule has 20 heavy (non-hydrogen) atoms. The molecule has 0 aromatic carbocycles. The number of piperazine rings is 1. The van der Waals surface area contributed by atoms with Crippen molar-refractivity contribution in [2.45, 2.75) is 44.1 Å². The van der Waals surface area contributed by atoms with Crippen LogP contribution in [0, 0.1) is 5.92 Å². The number of amides is 1. The van der Waals surface area contributed by atoms with E-state index in [0.717, 1.165) is 32.5 Å². The number of hydrogen-bond acceptors (Lipinski definition) is 4. The van der Waals surface area contributed by atoms with Crippen LogP contribution in [0.3, 0.4) is 0 Å². The molecule has 114 valence electrons. The fourth-order valence-corrected chi connectivity index (χ4v) is 5.79. The van der Waals surface area contributed by atoms with Gasteiger partial charge in [-0.15, -0.1) is 0 Å². The van der Waals surface area contributed by atoms with Crippen LogP contribution >= 0.6 is 0 Å². The molecule has 3 aliphatic rings. The zero-order chi connectivity index (χ0) is 14.2. The maximum absolute atomic E-state index is 12.8. The van der Waals surface area contributed by atoms with Crippen molar-refractivity contribution in [2.75, 3.05) is 31.1 Å². The van der Waals surface area contributed by atoms with Crippen molar-refractivity contribution in [3.05, 3.63) is 0 Å². The van der Waals surface area contributed by atoms with E-state index in [1.54, 1.807) is 0 Å². The minimum absolute atomic E-state index is 0.0417. The van der Waals surface area contributed by atoms with Crippen molar-refractivity contribution in [3.63, 3.8) is 0 Å². The predicted octanol–water partition coefficient (Wildman–Crippen LogP) is 0.556. The zero-order valence-electron chi connectivity index (χ0n) is 11.9. The SMILES string of the molecule is O=C(C1CCS(=O)(=O)C1)N1CCNCC12CCCCC2. The van der Waals surface area contributed by atoms with Crippen LogP contribution in [0.25, 0.3) is 0 Å². The lowest BCUT2D eigenvalue weighted by molar-refractivity contribution is -0.144. The van der Waals surface area contributed by atoms with E-state index in [1.807, 2.05) is 4.90 Å². The van der Waals surface area contributed by atoms with Crippen molar-refractivity contribution in [2.24, 2.45) is 5.92 Å². The van der Waals surface area contributed by atoms with Gasteiger partial charge in [-0.2, -0.15) is 0 Å². The van der Waals surface area contributed by atoms with Gasteiger partial charge in [-0.05, 0) is 19.3 Å². The highest BCUT2D eigenvalue weighted by atomic mass is 32.2. The van der Waals surface area contributed by atoms with E-state index < -0.39 is 9.84 Å².